The zero-order valence-corrected chi connectivity index (χ0v) is 8.76. The van der Waals surface area contributed by atoms with E-state index < -0.39 is 23.8 Å². The molecular formula is C7H4F3IN2O. The lowest BCUT2D eigenvalue weighted by Gasteiger charge is -2.05. The van der Waals surface area contributed by atoms with Crippen LogP contribution in [0.3, 0.4) is 0 Å². The van der Waals surface area contributed by atoms with Gasteiger partial charge < -0.3 is 5.73 Å². The van der Waals surface area contributed by atoms with Gasteiger partial charge in [0, 0.05) is 3.57 Å². The first-order chi connectivity index (χ1) is 6.43. The number of aromatic nitrogens is 1. The Kier molecular flexibility index (Phi) is 3.29. The Hall–Kier alpha value is -0.860. The third kappa shape index (κ3) is 2.14. The SMILES string of the molecule is NC(=O)c1cc(I)c(C(F)F)c(F)n1. The summed E-state index contributed by atoms with van der Waals surface area (Å²) in [7, 11) is 0. The summed E-state index contributed by atoms with van der Waals surface area (Å²) in [6.45, 7) is 0. The summed E-state index contributed by atoms with van der Waals surface area (Å²) in [6, 6.07) is 1.02. The first-order valence-electron chi connectivity index (χ1n) is 3.37. The fraction of sp³-hybridized carbons (Fsp3) is 0.143. The molecule has 0 aromatic carbocycles. The molecule has 1 aromatic heterocycles. The van der Waals surface area contributed by atoms with Crippen molar-refractivity contribution in [2.75, 3.05) is 0 Å². The van der Waals surface area contributed by atoms with Gasteiger partial charge in [0.15, 0.2) is 0 Å². The van der Waals surface area contributed by atoms with Crippen LogP contribution in [0.5, 0.6) is 0 Å². The highest BCUT2D eigenvalue weighted by Crippen LogP contribution is 2.26. The van der Waals surface area contributed by atoms with E-state index in [1.807, 2.05) is 0 Å². The second-order valence-electron chi connectivity index (χ2n) is 2.36. The van der Waals surface area contributed by atoms with E-state index in [0.29, 0.717) is 0 Å². The fourth-order valence-corrected chi connectivity index (χ4v) is 1.57. The van der Waals surface area contributed by atoms with E-state index in [-0.39, 0.29) is 9.26 Å². The molecule has 2 N–H and O–H groups in total. The van der Waals surface area contributed by atoms with E-state index in [2.05, 4.69) is 4.98 Å². The van der Waals surface area contributed by atoms with Crippen LogP contribution in [0.2, 0.25) is 0 Å². The lowest BCUT2D eigenvalue weighted by Crippen LogP contribution is -2.15. The molecule has 0 fully saturated rings. The number of hydrogen-bond acceptors (Lipinski definition) is 2. The second-order valence-corrected chi connectivity index (χ2v) is 3.52. The quantitative estimate of drug-likeness (QED) is 0.669. The number of hydrogen-bond donors (Lipinski definition) is 1. The lowest BCUT2D eigenvalue weighted by atomic mass is 10.2. The Morgan fingerprint density at radius 3 is 2.50 bits per heavy atom. The van der Waals surface area contributed by atoms with Gasteiger partial charge in [-0.2, -0.15) is 4.39 Å². The standard InChI is InChI=1S/C7H4F3IN2O/c8-5(9)4-2(11)1-3(7(12)14)13-6(4)10/h1,5H,(H2,12,14). The third-order valence-electron chi connectivity index (χ3n) is 1.43. The summed E-state index contributed by atoms with van der Waals surface area (Å²) in [5.41, 5.74) is 3.64. The molecular weight excluding hydrogens is 312 g/mol. The molecule has 0 radical (unpaired) electrons. The minimum Gasteiger partial charge on any atom is -0.364 e. The molecule has 3 nitrogen and oxygen atoms in total. The number of amides is 1. The molecule has 1 rings (SSSR count). The largest absolute Gasteiger partial charge is 0.364 e. The smallest absolute Gasteiger partial charge is 0.269 e. The number of nitrogens with two attached hydrogens (primary N) is 1. The van der Waals surface area contributed by atoms with Crippen molar-refractivity contribution in [3.05, 3.63) is 26.8 Å². The molecule has 0 spiro atoms. The van der Waals surface area contributed by atoms with Gasteiger partial charge in [-0.1, -0.05) is 0 Å². The minimum absolute atomic E-state index is 0.0705. The summed E-state index contributed by atoms with van der Waals surface area (Å²) >= 11 is 1.49. The van der Waals surface area contributed by atoms with Crippen molar-refractivity contribution in [3.8, 4) is 0 Å². The molecule has 14 heavy (non-hydrogen) atoms. The lowest BCUT2D eigenvalue weighted by molar-refractivity contribution is 0.0992. The summed E-state index contributed by atoms with van der Waals surface area (Å²) < 4.78 is 37.3. The first kappa shape index (κ1) is 11.2. The van der Waals surface area contributed by atoms with Crippen LogP contribution < -0.4 is 5.73 Å². The molecule has 0 saturated heterocycles. The molecule has 0 unspecified atom stereocenters. The van der Waals surface area contributed by atoms with Crippen LogP contribution in [-0.2, 0) is 0 Å². The van der Waals surface area contributed by atoms with Crippen LogP contribution in [0, 0.1) is 9.52 Å². The Labute approximate surface area is 90.6 Å². The number of halogens is 4. The number of carbonyl (C=O) groups excluding carboxylic acids is 1. The predicted molar refractivity (Wildman–Crippen MR) is 50.4 cm³/mol. The highest BCUT2D eigenvalue weighted by Gasteiger charge is 2.20. The number of carbonyl (C=O) groups is 1. The summed E-state index contributed by atoms with van der Waals surface area (Å²) in [4.78, 5) is 13.6. The Bertz CT molecular complexity index is 360. The Morgan fingerprint density at radius 2 is 2.14 bits per heavy atom. The van der Waals surface area contributed by atoms with Crippen LogP contribution in [0.4, 0.5) is 13.2 Å². The van der Waals surface area contributed by atoms with E-state index in [1.54, 1.807) is 0 Å². The Morgan fingerprint density at radius 1 is 1.57 bits per heavy atom. The molecule has 0 bridgehead atoms. The van der Waals surface area contributed by atoms with Crippen molar-refractivity contribution >= 4 is 28.5 Å². The Balaban J connectivity index is 3.32. The van der Waals surface area contributed by atoms with Gasteiger partial charge in [-0.25, -0.2) is 13.8 Å². The average Bonchev–Trinajstić information content (AvgIpc) is 2.01. The second kappa shape index (κ2) is 4.11. The van der Waals surface area contributed by atoms with Crippen molar-refractivity contribution in [3.63, 3.8) is 0 Å². The van der Waals surface area contributed by atoms with Crippen LogP contribution in [0.15, 0.2) is 6.07 Å². The number of primary amides is 1. The van der Waals surface area contributed by atoms with Gasteiger partial charge in [0.25, 0.3) is 12.3 Å². The van der Waals surface area contributed by atoms with Gasteiger partial charge in [-0.15, -0.1) is 0 Å². The molecule has 1 aromatic rings. The summed E-state index contributed by atoms with van der Waals surface area (Å²) in [5, 5.41) is 0. The van der Waals surface area contributed by atoms with E-state index in [0.717, 1.165) is 6.07 Å². The van der Waals surface area contributed by atoms with Crippen LogP contribution >= 0.6 is 22.6 Å². The maximum absolute atomic E-state index is 12.9. The molecule has 76 valence electrons. The van der Waals surface area contributed by atoms with Gasteiger partial charge in [0.1, 0.15) is 5.69 Å². The highest BCUT2D eigenvalue weighted by molar-refractivity contribution is 14.1. The molecule has 1 amide bonds. The number of alkyl halides is 2. The summed E-state index contributed by atoms with van der Waals surface area (Å²) in [6.07, 6.45) is -2.96. The van der Waals surface area contributed by atoms with E-state index in [4.69, 9.17) is 5.73 Å². The topological polar surface area (TPSA) is 56.0 Å². The van der Waals surface area contributed by atoms with E-state index in [1.165, 1.54) is 22.6 Å². The monoisotopic (exact) mass is 316 g/mol. The van der Waals surface area contributed by atoms with Gasteiger partial charge >= 0.3 is 0 Å². The van der Waals surface area contributed by atoms with E-state index >= 15 is 0 Å². The molecule has 0 atom stereocenters. The number of pyridine rings is 1. The molecule has 1 heterocycles. The maximum Gasteiger partial charge on any atom is 0.269 e. The zero-order chi connectivity index (χ0) is 10.9. The maximum atomic E-state index is 12.9. The highest BCUT2D eigenvalue weighted by atomic mass is 127. The normalized spacial score (nSPS) is 10.6. The van der Waals surface area contributed by atoms with Gasteiger partial charge in [0.05, 0.1) is 5.56 Å². The van der Waals surface area contributed by atoms with Crippen molar-refractivity contribution in [1.29, 1.82) is 0 Å². The molecule has 7 heteroatoms. The molecule has 0 aliphatic rings. The van der Waals surface area contributed by atoms with Gasteiger partial charge in [-0.3, -0.25) is 4.79 Å². The van der Waals surface area contributed by atoms with Crippen molar-refractivity contribution < 1.29 is 18.0 Å². The summed E-state index contributed by atoms with van der Waals surface area (Å²) in [5.74, 6) is -2.32. The van der Waals surface area contributed by atoms with Gasteiger partial charge in [0.2, 0.25) is 5.95 Å². The van der Waals surface area contributed by atoms with Crippen LogP contribution in [0.1, 0.15) is 22.5 Å². The number of rotatable bonds is 2. The van der Waals surface area contributed by atoms with Crippen molar-refractivity contribution in [2.45, 2.75) is 6.43 Å². The molecule has 0 aliphatic heterocycles. The van der Waals surface area contributed by atoms with Crippen LogP contribution in [0.25, 0.3) is 0 Å². The molecule has 0 saturated carbocycles. The average molecular weight is 316 g/mol. The van der Waals surface area contributed by atoms with Crippen molar-refractivity contribution in [2.24, 2.45) is 5.73 Å². The van der Waals surface area contributed by atoms with E-state index in [9.17, 15) is 18.0 Å². The third-order valence-corrected chi connectivity index (χ3v) is 2.32. The molecule has 0 aliphatic carbocycles. The minimum atomic E-state index is -2.96. The zero-order valence-electron chi connectivity index (χ0n) is 6.60. The predicted octanol–water partition coefficient (Wildman–Crippen LogP) is 1.86. The fourth-order valence-electron chi connectivity index (χ4n) is 0.815. The van der Waals surface area contributed by atoms with Crippen LogP contribution in [-0.4, -0.2) is 10.9 Å². The van der Waals surface area contributed by atoms with Gasteiger partial charge in [-0.05, 0) is 28.7 Å². The number of nitrogens with zero attached hydrogens (tertiary/aromatic N) is 1. The van der Waals surface area contributed by atoms with Crippen molar-refractivity contribution in [1.82, 2.24) is 4.98 Å². The first-order valence-corrected chi connectivity index (χ1v) is 4.45.